The van der Waals surface area contributed by atoms with Gasteiger partial charge in [-0.1, -0.05) is 54.9 Å². The van der Waals surface area contributed by atoms with Crippen LogP contribution in [0.1, 0.15) is 99.8 Å². The predicted molar refractivity (Wildman–Crippen MR) is 130 cm³/mol. The van der Waals surface area contributed by atoms with Gasteiger partial charge in [-0.3, -0.25) is 4.79 Å². The van der Waals surface area contributed by atoms with Gasteiger partial charge in [0, 0.05) is 12.3 Å². The monoisotopic (exact) mass is 446 g/mol. The van der Waals surface area contributed by atoms with Crippen molar-refractivity contribution in [3.05, 3.63) is 0 Å². The number of aliphatic hydroxyl groups is 2. The van der Waals surface area contributed by atoms with Crippen LogP contribution in [0.3, 0.4) is 0 Å². The van der Waals surface area contributed by atoms with Gasteiger partial charge in [-0.15, -0.1) is 0 Å². The Balaban J connectivity index is 1.54. The lowest BCUT2D eigenvalue weighted by Gasteiger charge is -2.60. The highest BCUT2D eigenvalue weighted by Gasteiger charge is 2.62. The number of fused-ring (bicyclic) bond motifs is 5. The molecule has 0 heterocycles. The van der Waals surface area contributed by atoms with E-state index in [1.807, 2.05) is 0 Å². The van der Waals surface area contributed by atoms with E-state index in [1.165, 1.54) is 32.1 Å². The third-order valence-corrected chi connectivity index (χ3v) is 11.9. The molecule has 4 unspecified atom stereocenters. The molecular weight excluding hydrogens is 396 g/mol. The second-order valence-electron chi connectivity index (χ2n) is 13.7. The van der Waals surface area contributed by atoms with Crippen molar-refractivity contribution < 1.29 is 15.0 Å². The van der Waals surface area contributed by atoms with E-state index in [0.717, 1.165) is 19.3 Å². The van der Waals surface area contributed by atoms with Crippen molar-refractivity contribution in [2.24, 2.45) is 64.1 Å². The van der Waals surface area contributed by atoms with E-state index < -0.39 is 12.2 Å². The predicted octanol–water partition coefficient (Wildman–Crippen LogP) is 6.11. The van der Waals surface area contributed by atoms with Gasteiger partial charge in [0.05, 0.1) is 12.2 Å². The fourth-order valence-electron chi connectivity index (χ4n) is 9.39. The number of ketones is 1. The lowest BCUT2D eigenvalue weighted by Crippen LogP contribution is -2.57. The smallest absolute Gasteiger partial charge is 0.136 e. The molecule has 184 valence electrons. The topological polar surface area (TPSA) is 57.5 Å². The summed E-state index contributed by atoms with van der Waals surface area (Å²) < 4.78 is 0. The summed E-state index contributed by atoms with van der Waals surface area (Å²) in [4.78, 5) is 13.4. The summed E-state index contributed by atoms with van der Waals surface area (Å²) in [6.45, 7) is 15.7. The summed E-state index contributed by atoms with van der Waals surface area (Å²) in [5.41, 5.74) is 0.397. The summed E-state index contributed by atoms with van der Waals surface area (Å²) in [6, 6.07) is 0. The molecule has 0 aromatic heterocycles. The number of rotatable bonds is 5. The average molecular weight is 447 g/mol. The first-order valence-corrected chi connectivity index (χ1v) is 13.8. The standard InChI is InChI=1S/C29H50O3/c1-16(2)18(4)26(31)27(32)19(5)21-8-9-22-20-15-25(30)24-14-17(3)10-12-29(24,7)23(20)11-13-28(21,22)6/h16-24,26-27,31-32H,8-15H2,1-7H3/t17-,18-,19-,20?,21+,22?,23?,24?,26+,27+,28+,29+/m0/s1. The van der Waals surface area contributed by atoms with E-state index in [2.05, 4.69) is 48.5 Å². The summed E-state index contributed by atoms with van der Waals surface area (Å²) in [7, 11) is 0. The number of hydrogen-bond donors (Lipinski definition) is 2. The van der Waals surface area contributed by atoms with Crippen LogP contribution in [-0.2, 0) is 4.79 Å². The number of carbonyl (C=O) groups excluding carboxylic acids is 1. The Bertz CT molecular complexity index is 703. The van der Waals surface area contributed by atoms with Crippen LogP contribution in [0.2, 0.25) is 0 Å². The van der Waals surface area contributed by atoms with Gasteiger partial charge in [0.15, 0.2) is 0 Å². The number of Topliss-reactive ketones (excluding diaryl/α,β-unsaturated/α-hetero) is 1. The Labute approximate surface area is 197 Å². The summed E-state index contributed by atoms with van der Waals surface area (Å²) >= 11 is 0. The second-order valence-corrected chi connectivity index (χ2v) is 13.7. The zero-order valence-electron chi connectivity index (χ0n) is 21.8. The highest BCUT2D eigenvalue weighted by Crippen LogP contribution is 2.68. The van der Waals surface area contributed by atoms with Gasteiger partial charge in [-0.25, -0.2) is 0 Å². The molecule has 3 nitrogen and oxygen atoms in total. The van der Waals surface area contributed by atoms with Crippen molar-refractivity contribution in [1.29, 1.82) is 0 Å². The number of aliphatic hydroxyl groups excluding tert-OH is 2. The van der Waals surface area contributed by atoms with Crippen LogP contribution < -0.4 is 0 Å². The van der Waals surface area contributed by atoms with Crippen LogP contribution in [0.4, 0.5) is 0 Å². The Kier molecular flexibility index (Phi) is 6.69. The molecule has 4 aliphatic carbocycles. The van der Waals surface area contributed by atoms with E-state index in [0.29, 0.717) is 47.2 Å². The molecule has 0 spiro atoms. The molecule has 0 bridgehead atoms. The van der Waals surface area contributed by atoms with Crippen LogP contribution in [0.15, 0.2) is 0 Å². The zero-order chi connectivity index (χ0) is 23.6. The fourth-order valence-corrected chi connectivity index (χ4v) is 9.39. The first-order chi connectivity index (χ1) is 14.9. The van der Waals surface area contributed by atoms with Gasteiger partial charge in [-0.2, -0.15) is 0 Å². The fraction of sp³-hybridized carbons (Fsp3) is 0.966. The zero-order valence-corrected chi connectivity index (χ0v) is 21.8. The molecule has 32 heavy (non-hydrogen) atoms. The first-order valence-electron chi connectivity index (χ1n) is 13.8. The quantitative estimate of drug-likeness (QED) is 0.535. The highest BCUT2D eigenvalue weighted by atomic mass is 16.3. The molecule has 0 aliphatic heterocycles. The van der Waals surface area contributed by atoms with Crippen LogP contribution >= 0.6 is 0 Å². The average Bonchev–Trinajstić information content (AvgIpc) is 3.10. The van der Waals surface area contributed by atoms with Crippen LogP contribution in [-0.4, -0.2) is 28.2 Å². The molecule has 0 aromatic rings. The van der Waals surface area contributed by atoms with Gasteiger partial charge in [0.2, 0.25) is 0 Å². The third kappa shape index (κ3) is 3.72. The van der Waals surface area contributed by atoms with Crippen molar-refractivity contribution in [1.82, 2.24) is 0 Å². The molecule has 4 aliphatic rings. The maximum Gasteiger partial charge on any atom is 0.136 e. The van der Waals surface area contributed by atoms with E-state index >= 15 is 0 Å². The van der Waals surface area contributed by atoms with E-state index in [1.54, 1.807) is 0 Å². The Morgan fingerprint density at radius 1 is 0.875 bits per heavy atom. The third-order valence-electron chi connectivity index (χ3n) is 11.9. The molecule has 4 saturated carbocycles. The van der Waals surface area contributed by atoms with Crippen molar-refractivity contribution in [2.45, 2.75) is 112 Å². The van der Waals surface area contributed by atoms with Gasteiger partial charge < -0.3 is 10.2 Å². The molecule has 0 saturated heterocycles. The minimum Gasteiger partial charge on any atom is -0.390 e. The van der Waals surface area contributed by atoms with E-state index in [9.17, 15) is 15.0 Å². The molecule has 4 fully saturated rings. The largest absolute Gasteiger partial charge is 0.390 e. The Morgan fingerprint density at radius 2 is 1.50 bits per heavy atom. The van der Waals surface area contributed by atoms with Gasteiger partial charge in [0.1, 0.15) is 5.78 Å². The van der Waals surface area contributed by atoms with Crippen molar-refractivity contribution >= 4 is 5.78 Å². The molecular formula is C29H50O3. The molecule has 12 atom stereocenters. The van der Waals surface area contributed by atoms with Crippen LogP contribution in [0, 0.1) is 64.1 Å². The lowest BCUT2D eigenvalue weighted by molar-refractivity contribution is -0.158. The maximum atomic E-state index is 13.4. The van der Waals surface area contributed by atoms with E-state index in [-0.39, 0.29) is 22.7 Å². The van der Waals surface area contributed by atoms with Gasteiger partial charge in [0.25, 0.3) is 0 Å². The molecule has 4 rings (SSSR count). The Morgan fingerprint density at radius 3 is 2.16 bits per heavy atom. The summed E-state index contributed by atoms with van der Waals surface area (Å²) in [5, 5.41) is 22.0. The minimum absolute atomic E-state index is 0.0923. The van der Waals surface area contributed by atoms with Gasteiger partial charge in [-0.05, 0) is 96.7 Å². The van der Waals surface area contributed by atoms with E-state index in [4.69, 9.17) is 0 Å². The second kappa shape index (κ2) is 8.67. The maximum absolute atomic E-state index is 13.4. The highest BCUT2D eigenvalue weighted by molar-refractivity contribution is 5.83. The first kappa shape index (κ1) is 24.7. The number of hydrogen-bond acceptors (Lipinski definition) is 3. The summed E-state index contributed by atoms with van der Waals surface area (Å²) in [5.74, 6) is 4.35. The molecule has 2 N–H and O–H groups in total. The summed E-state index contributed by atoms with van der Waals surface area (Å²) in [6.07, 6.45) is 7.89. The Hall–Kier alpha value is -0.410. The van der Waals surface area contributed by atoms with Crippen LogP contribution in [0.5, 0.6) is 0 Å². The van der Waals surface area contributed by atoms with Gasteiger partial charge >= 0.3 is 0 Å². The van der Waals surface area contributed by atoms with Crippen molar-refractivity contribution in [3.63, 3.8) is 0 Å². The normalized spacial score (nSPS) is 47.9. The molecule has 0 aromatic carbocycles. The lowest BCUT2D eigenvalue weighted by atomic mass is 9.43. The number of carbonyl (C=O) groups is 1. The molecule has 0 amide bonds. The van der Waals surface area contributed by atoms with Crippen molar-refractivity contribution in [2.75, 3.05) is 0 Å². The SMILES string of the molecule is CC(C)[C@H](C)[C@@H](O)[C@H](O)[C@@H](C)[C@H]1CCC2C3CC(=O)C4C[C@@H](C)CC[C@]4(C)C3CC[C@@]21C. The minimum atomic E-state index is -0.666. The molecule has 0 radical (unpaired) electrons. The van der Waals surface area contributed by atoms with Crippen molar-refractivity contribution in [3.8, 4) is 0 Å². The molecule has 3 heteroatoms. The van der Waals surface area contributed by atoms with Crippen LogP contribution in [0.25, 0.3) is 0 Å².